The molecule has 1 aromatic heterocycles. The molecule has 1 aliphatic rings. The molecule has 3 nitrogen and oxygen atoms in total. The van der Waals surface area contributed by atoms with Crippen LogP contribution in [0.15, 0.2) is 28.7 Å². The molecule has 0 unspecified atom stereocenters. The van der Waals surface area contributed by atoms with Crippen LogP contribution in [0.3, 0.4) is 0 Å². The third-order valence-electron chi connectivity index (χ3n) is 3.98. The summed E-state index contributed by atoms with van der Waals surface area (Å²) in [5.74, 6) is -0.180. The molecule has 1 aliphatic heterocycles. The molecule has 0 bridgehead atoms. The zero-order valence-corrected chi connectivity index (χ0v) is 10.8. The van der Waals surface area contributed by atoms with E-state index >= 15 is 0 Å². The number of carbonyl (C=O) groups is 1. The van der Waals surface area contributed by atoms with Crippen LogP contribution in [0.25, 0.3) is 11.0 Å². The van der Waals surface area contributed by atoms with Crippen molar-refractivity contribution in [1.29, 1.82) is 0 Å². The van der Waals surface area contributed by atoms with Crippen molar-refractivity contribution in [2.45, 2.75) is 19.8 Å². The Labute approximate surface area is 110 Å². The Bertz CT molecular complexity index is 626. The van der Waals surface area contributed by atoms with Gasteiger partial charge >= 0.3 is 0 Å². The van der Waals surface area contributed by atoms with Crippen molar-refractivity contribution in [3.8, 4) is 0 Å². The molecule has 0 saturated carbocycles. The predicted molar refractivity (Wildman–Crippen MR) is 70.7 cm³/mol. The number of nitrogens with one attached hydrogen (secondary N) is 1. The highest BCUT2D eigenvalue weighted by Gasteiger charge is 2.37. The van der Waals surface area contributed by atoms with Crippen LogP contribution in [-0.2, 0) is 0 Å². The fourth-order valence-corrected chi connectivity index (χ4v) is 2.64. The highest BCUT2D eigenvalue weighted by atomic mass is 19.1. The van der Waals surface area contributed by atoms with Gasteiger partial charge < -0.3 is 9.73 Å². The third kappa shape index (κ3) is 2.06. The zero-order chi connectivity index (χ0) is 13.5. The molecule has 1 fully saturated rings. The second-order valence-electron chi connectivity index (χ2n) is 5.41. The van der Waals surface area contributed by atoms with Crippen LogP contribution in [0.1, 0.15) is 30.3 Å². The van der Waals surface area contributed by atoms with Crippen LogP contribution in [0, 0.1) is 11.2 Å². The number of para-hydroxylation sites is 1. The Morgan fingerprint density at radius 1 is 1.37 bits per heavy atom. The fourth-order valence-electron chi connectivity index (χ4n) is 2.64. The number of Topliss-reactive ketones (excluding diaryl/α,β-unsaturated/α-hetero) is 1. The molecule has 1 N–H and O–H groups in total. The minimum absolute atomic E-state index is 0.0235. The van der Waals surface area contributed by atoms with Crippen molar-refractivity contribution in [1.82, 2.24) is 5.32 Å². The van der Waals surface area contributed by atoms with Gasteiger partial charge in [0.2, 0.25) is 5.78 Å². The van der Waals surface area contributed by atoms with E-state index in [2.05, 4.69) is 5.32 Å². The first kappa shape index (κ1) is 12.4. The van der Waals surface area contributed by atoms with E-state index in [1.807, 2.05) is 6.92 Å². The maximum absolute atomic E-state index is 13.6. The van der Waals surface area contributed by atoms with Gasteiger partial charge in [-0.25, -0.2) is 4.39 Å². The SMILES string of the molecule is CC1(C(=O)c2cc3cccc(F)c3o2)CCNCC1. The minimum Gasteiger partial charge on any atom is -0.450 e. The fraction of sp³-hybridized carbons (Fsp3) is 0.400. The Morgan fingerprint density at radius 3 is 2.79 bits per heavy atom. The molecule has 3 rings (SSSR count). The number of piperidine rings is 1. The number of carbonyl (C=O) groups excluding carboxylic acids is 1. The first-order chi connectivity index (χ1) is 9.10. The summed E-state index contributed by atoms with van der Waals surface area (Å²) in [6, 6.07) is 6.36. The van der Waals surface area contributed by atoms with Crippen LogP contribution in [0.5, 0.6) is 0 Å². The molecule has 2 aromatic rings. The molecular weight excluding hydrogens is 245 g/mol. The highest BCUT2D eigenvalue weighted by molar-refractivity contribution is 6.01. The van der Waals surface area contributed by atoms with E-state index < -0.39 is 11.2 Å². The lowest BCUT2D eigenvalue weighted by molar-refractivity contribution is 0.0733. The predicted octanol–water partition coefficient (Wildman–Crippen LogP) is 3.14. The summed E-state index contributed by atoms with van der Waals surface area (Å²) >= 11 is 0. The molecule has 1 saturated heterocycles. The van der Waals surface area contributed by atoms with Crippen LogP contribution in [0.4, 0.5) is 4.39 Å². The van der Waals surface area contributed by atoms with Gasteiger partial charge in [0.1, 0.15) is 0 Å². The molecular formula is C15H16FNO2. The summed E-state index contributed by atoms with van der Waals surface area (Å²) in [5.41, 5.74) is -0.237. The maximum atomic E-state index is 13.6. The number of furan rings is 1. The molecule has 100 valence electrons. The van der Waals surface area contributed by atoms with Gasteiger partial charge in [0, 0.05) is 10.8 Å². The van der Waals surface area contributed by atoms with Crippen LogP contribution >= 0.6 is 0 Å². The molecule has 1 aromatic carbocycles. The molecule has 0 radical (unpaired) electrons. The van der Waals surface area contributed by atoms with E-state index in [4.69, 9.17) is 4.42 Å². The van der Waals surface area contributed by atoms with Crippen molar-refractivity contribution in [2.24, 2.45) is 5.41 Å². The second kappa shape index (κ2) is 4.46. The molecule has 0 aliphatic carbocycles. The van der Waals surface area contributed by atoms with Gasteiger partial charge in [-0.15, -0.1) is 0 Å². The normalized spacial score (nSPS) is 18.6. The first-order valence-electron chi connectivity index (χ1n) is 6.54. The van der Waals surface area contributed by atoms with E-state index in [1.54, 1.807) is 18.2 Å². The number of benzene rings is 1. The number of hydrogen-bond acceptors (Lipinski definition) is 3. The third-order valence-corrected chi connectivity index (χ3v) is 3.98. The summed E-state index contributed by atoms with van der Waals surface area (Å²) < 4.78 is 19.0. The standard InChI is InChI=1S/C15H16FNO2/c1-15(5-7-17-8-6-15)14(18)12-9-10-3-2-4-11(16)13(10)19-12/h2-4,9,17H,5-8H2,1H3. The molecule has 0 spiro atoms. The Kier molecular flexibility index (Phi) is 2.90. The molecule has 19 heavy (non-hydrogen) atoms. The molecule has 2 heterocycles. The zero-order valence-electron chi connectivity index (χ0n) is 10.8. The summed E-state index contributed by atoms with van der Waals surface area (Å²) in [7, 11) is 0. The summed E-state index contributed by atoms with van der Waals surface area (Å²) in [6.07, 6.45) is 1.57. The van der Waals surface area contributed by atoms with Crippen LogP contribution in [-0.4, -0.2) is 18.9 Å². The van der Waals surface area contributed by atoms with Crippen molar-refractivity contribution < 1.29 is 13.6 Å². The number of rotatable bonds is 2. The summed E-state index contributed by atoms with van der Waals surface area (Å²) in [4.78, 5) is 12.6. The average molecular weight is 261 g/mol. The molecule has 0 amide bonds. The van der Waals surface area contributed by atoms with Gasteiger partial charge in [0.05, 0.1) is 0 Å². The van der Waals surface area contributed by atoms with Crippen LogP contribution in [0.2, 0.25) is 0 Å². The summed E-state index contributed by atoms with van der Waals surface area (Å²) in [5, 5.41) is 3.88. The van der Waals surface area contributed by atoms with E-state index in [-0.39, 0.29) is 17.1 Å². The van der Waals surface area contributed by atoms with Gasteiger partial charge in [0.25, 0.3) is 0 Å². The van der Waals surface area contributed by atoms with Gasteiger partial charge in [-0.1, -0.05) is 19.1 Å². The van der Waals surface area contributed by atoms with Gasteiger partial charge in [-0.2, -0.15) is 0 Å². The monoisotopic (exact) mass is 261 g/mol. The van der Waals surface area contributed by atoms with E-state index in [0.29, 0.717) is 5.39 Å². The Hall–Kier alpha value is -1.68. The van der Waals surface area contributed by atoms with Gasteiger partial charge in [-0.3, -0.25) is 4.79 Å². The molecule has 0 atom stereocenters. The molecule has 4 heteroatoms. The van der Waals surface area contributed by atoms with Crippen molar-refractivity contribution >= 4 is 16.8 Å². The first-order valence-corrected chi connectivity index (χ1v) is 6.54. The minimum atomic E-state index is -0.424. The smallest absolute Gasteiger partial charge is 0.203 e. The average Bonchev–Trinajstić information content (AvgIpc) is 2.84. The van der Waals surface area contributed by atoms with Crippen molar-refractivity contribution in [3.63, 3.8) is 0 Å². The highest BCUT2D eigenvalue weighted by Crippen LogP contribution is 2.34. The topological polar surface area (TPSA) is 42.2 Å². The number of hydrogen-bond donors (Lipinski definition) is 1. The number of halogens is 1. The van der Waals surface area contributed by atoms with E-state index in [9.17, 15) is 9.18 Å². The van der Waals surface area contributed by atoms with Gasteiger partial charge in [-0.05, 0) is 38.1 Å². The van der Waals surface area contributed by atoms with E-state index in [0.717, 1.165) is 25.9 Å². The van der Waals surface area contributed by atoms with Crippen molar-refractivity contribution in [2.75, 3.05) is 13.1 Å². The van der Waals surface area contributed by atoms with Crippen LogP contribution < -0.4 is 5.32 Å². The summed E-state index contributed by atoms with van der Waals surface area (Å²) in [6.45, 7) is 3.62. The van der Waals surface area contributed by atoms with E-state index in [1.165, 1.54) is 6.07 Å². The Balaban J connectivity index is 1.99. The van der Waals surface area contributed by atoms with Gasteiger partial charge in [0.15, 0.2) is 17.2 Å². The lowest BCUT2D eigenvalue weighted by Gasteiger charge is -2.31. The maximum Gasteiger partial charge on any atom is 0.203 e. The lowest BCUT2D eigenvalue weighted by atomic mass is 9.76. The number of ketones is 1. The van der Waals surface area contributed by atoms with Crippen molar-refractivity contribution in [3.05, 3.63) is 35.8 Å². The second-order valence-corrected chi connectivity index (χ2v) is 5.41. The largest absolute Gasteiger partial charge is 0.450 e. The number of fused-ring (bicyclic) bond motifs is 1. The Morgan fingerprint density at radius 2 is 2.11 bits per heavy atom. The lowest BCUT2D eigenvalue weighted by Crippen LogP contribution is -2.39. The quantitative estimate of drug-likeness (QED) is 0.844.